The molecule has 0 aliphatic rings. The van der Waals surface area contributed by atoms with E-state index in [4.69, 9.17) is 16.3 Å². The Hall–Kier alpha value is -1.33. The van der Waals surface area contributed by atoms with Crippen molar-refractivity contribution in [3.63, 3.8) is 0 Å². The zero-order valence-electron chi connectivity index (χ0n) is 9.31. The molecule has 17 heavy (non-hydrogen) atoms. The lowest BCUT2D eigenvalue weighted by atomic mass is 10.3. The highest BCUT2D eigenvalue weighted by Gasteiger charge is 2.05. The maximum atomic E-state index is 5.97. The summed E-state index contributed by atoms with van der Waals surface area (Å²) < 4.78 is 4.94. The predicted octanol–water partition coefficient (Wildman–Crippen LogP) is 2.85. The van der Waals surface area contributed by atoms with Gasteiger partial charge in [0.25, 0.3) is 0 Å². The normalized spacial score (nSPS) is 10.2. The Labute approximate surface area is 109 Å². The van der Waals surface area contributed by atoms with Crippen molar-refractivity contribution in [2.75, 3.05) is 19.0 Å². The molecule has 0 bridgehead atoms. The fourth-order valence-corrected chi connectivity index (χ4v) is 2.20. The minimum Gasteiger partial charge on any atom is -0.467 e. The number of hydrogen-bond acceptors (Lipinski definition) is 5. The number of nitrogens with zero attached hydrogens (tertiary/aromatic N) is 2. The Morgan fingerprint density at radius 1 is 1.53 bits per heavy atom. The third kappa shape index (κ3) is 3.31. The topological polar surface area (TPSA) is 47.0 Å². The molecule has 0 atom stereocenters. The van der Waals surface area contributed by atoms with Crippen LogP contribution in [0.1, 0.15) is 4.88 Å². The molecule has 0 fully saturated rings. The number of anilines is 1. The molecule has 6 heteroatoms. The van der Waals surface area contributed by atoms with Crippen LogP contribution in [0.2, 0.25) is 5.02 Å². The van der Waals surface area contributed by atoms with Gasteiger partial charge in [0.1, 0.15) is 5.02 Å². The largest absolute Gasteiger partial charge is 0.467 e. The van der Waals surface area contributed by atoms with E-state index in [1.54, 1.807) is 11.3 Å². The van der Waals surface area contributed by atoms with Crippen molar-refractivity contribution in [2.45, 2.75) is 6.42 Å². The van der Waals surface area contributed by atoms with Crippen LogP contribution in [0.25, 0.3) is 0 Å². The first kappa shape index (κ1) is 12.1. The number of hydrogen-bond donors (Lipinski definition) is 1. The molecular formula is C11H12ClN3OS. The summed E-state index contributed by atoms with van der Waals surface area (Å²) in [6.45, 7) is 0.778. The van der Waals surface area contributed by atoms with E-state index < -0.39 is 0 Å². The number of halogens is 1. The van der Waals surface area contributed by atoms with Crippen LogP contribution >= 0.6 is 22.9 Å². The second kappa shape index (κ2) is 5.84. The average molecular weight is 270 g/mol. The molecule has 0 saturated heterocycles. The minimum absolute atomic E-state index is 0.313. The van der Waals surface area contributed by atoms with Crippen molar-refractivity contribution in [3.8, 4) is 6.01 Å². The summed E-state index contributed by atoms with van der Waals surface area (Å²) in [6, 6.07) is 4.46. The molecule has 0 amide bonds. The summed E-state index contributed by atoms with van der Waals surface area (Å²) in [7, 11) is 1.53. The van der Waals surface area contributed by atoms with E-state index in [1.165, 1.54) is 18.2 Å². The molecule has 2 rings (SSSR count). The van der Waals surface area contributed by atoms with E-state index in [2.05, 4.69) is 26.7 Å². The van der Waals surface area contributed by atoms with Gasteiger partial charge in [0.05, 0.1) is 13.3 Å². The van der Waals surface area contributed by atoms with Gasteiger partial charge in [-0.1, -0.05) is 17.7 Å². The minimum atomic E-state index is 0.313. The first-order chi connectivity index (χ1) is 8.29. The Morgan fingerprint density at radius 2 is 2.41 bits per heavy atom. The van der Waals surface area contributed by atoms with E-state index >= 15 is 0 Å². The Bertz CT molecular complexity index is 476. The molecule has 0 spiro atoms. The van der Waals surface area contributed by atoms with Gasteiger partial charge in [-0.2, -0.15) is 4.98 Å². The van der Waals surface area contributed by atoms with E-state index in [9.17, 15) is 0 Å². The van der Waals surface area contributed by atoms with E-state index in [1.807, 2.05) is 6.07 Å². The Morgan fingerprint density at radius 3 is 3.12 bits per heavy atom. The number of ether oxygens (including phenoxy) is 1. The van der Waals surface area contributed by atoms with Crippen LogP contribution in [0.5, 0.6) is 6.01 Å². The molecule has 0 aliphatic carbocycles. The van der Waals surface area contributed by atoms with Crippen molar-refractivity contribution in [1.82, 2.24) is 9.97 Å². The Kier molecular flexibility index (Phi) is 4.17. The number of thiophene rings is 1. The van der Waals surface area contributed by atoms with Crippen LogP contribution in [-0.2, 0) is 6.42 Å². The third-order valence-electron chi connectivity index (χ3n) is 2.15. The van der Waals surface area contributed by atoms with Crippen LogP contribution < -0.4 is 10.1 Å². The molecule has 0 radical (unpaired) electrons. The number of aromatic nitrogens is 2. The highest BCUT2D eigenvalue weighted by molar-refractivity contribution is 7.09. The van der Waals surface area contributed by atoms with Gasteiger partial charge < -0.3 is 10.1 Å². The third-order valence-corrected chi connectivity index (χ3v) is 3.36. The molecule has 0 unspecified atom stereocenters. The molecule has 1 N–H and O–H groups in total. The smallest absolute Gasteiger partial charge is 0.318 e. The molecular weight excluding hydrogens is 258 g/mol. The summed E-state index contributed by atoms with van der Waals surface area (Å²) in [4.78, 5) is 9.38. The van der Waals surface area contributed by atoms with Gasteiger partial charge in [-0.25, -0.2) is 4.98 Å². The molecule has 0 aromatic carbocycles. The van der Waals surface area contributed by atoms with Crippen LogP contribution in [-0.4, -0.2) is 23.6 Å². The average Bonchev–Trinajstić information content (AvgIpc) is 2.84. The van der Waals surface area contributed by atoms with Crippen molar-refractivity contribution in [2.24, 2.45) is 0 Å². The van der Waals surface area contributed by atoms with Crippen molar-refractivity contribution >= 4 is 28.8 Å². The van der Waals surface area contributed by atoms with E-state index in [0.29, 0.717) is 16.9 Å². The van der Waals surface area contributed by atoms with Crippen molar-refractivity contribution < 1.29 is 4.74 Å². The zero-order chi connectivity index (χ0) is 12.1. The first-order valence-corrected chi connectivity index (χ1v) is 6.38. The van der Waals surface area contributed by atoms with E-state index in [-0.39, 0.29) is 0 Å². The van der Waals surface area contributed by atoms with Crippen LogP contribution in [0.15, 0.2) is 23.7 Å². The van der Waals surface area contributed by atoms with Gasteiger partial charge >= 0.3 is 6.01 Å². The Balaban J connectivity index is 1.94. The summed E-state index contributed by atoms with van der Waals surface area (Å²) in [5.41, 5.74) is 0. The lowest BCUT2D eigenvalue weighted by Gasteiger charge is -2.07. The van der Waals surface area contributed by atoms with E-state index in [0.717, 1.165) is 13.0 Å². The SMILES string of the molecule is COc1ncc(Cl)c(NCCc2cccs2)n1. The van der Waals surface area contributed by atoms with Crippen molar-refractivity contribution in [1.29, 1.82) is 0 Å². The lowest BCUT2D eigenvalue weighted by Crippen LogP contribution is -2.07. The number of methoxy groups -OCH3 is 1. The van der Waals surface area contributed by atoms with Crippen LogP contribution in [0.4, 0.5) is 5.82 Å². The maximum absolute atomic E-state index is 5.97. The summed E-state index contributed by atoms with van der Waals surface area (Å²) in [5, 5.41) is 5.73. The molecule has 0 saturated carbocycles. The monoisotopic (exact) mass is 269 g/mol. The molecule has 2 heterocycles. The summed E-state index contributed by atoms with van der Waals surface area (Å²) in [6.07, 6.45) is 2.47. The summed E-state index contributed by atoms with van der Waals surface area (Å²) in [5.74, 6) is 0.607. The predicted molar refractivity (Wildman–Crippen MR) is 70.1 cm³/mol. The molecule has 2 aromatic rings. The van der Waals surface area contributed by atoms with Gasteiger partial charge in [0.15, 0.2) is 5.82 Å². The second-order valence-corrected chi connectivity index (χ2v) is 4.75. The highest BCUT2D eigenvalue weighted by Crippen LogP contribution is 2.20. The number of nitrogens with one attached hydrogen (secondary N) is 1. The maximum Gasteiger partial charge on any atom is 0.318 e. The zero-order valence-corrected chi connectivity index (χ0v) is 10.9. The van der Waals surface area contributed by atoms with Gasteiger partial charge in [-0.3, -0.25) is 0 Å². The fraction of sp³-hybridized carbons (Fsp3) is 0.273. The highest BCUT2D eigenvalue weighted by atomic mass is 35.5. The lowest BCUT2D eigenvalue weighted by molar-refractivity contribution is 0.380. The van der Waals surface area contributed by atoms with Gasteiger partial charge in [-0.15, -0.1) is 11.3 Å². The molecule has 0 aliphatic heterocycles. The molecule has 2 aromatic heterocycles. The fourth-order valence-electron chi connectivity index (χ4n) is 1.33. The second-order valence-electron chi connectivity index (χ2n) is 3.31. The van der Waals surface area contributed by atoms with Crippen molar-refractivity contribution in [3.05, 3.63) is 33.6 Å². The van der Waals surface area contributed by atoms with Crippen LogP contribution in [0.3, 0.4) is 0 Å². The van der Waals surface area contributed by atoms with Crippen LogP contribution in [0, 0.1) is 0 Å². The quantitative estimate of drug-likeness (QED) is 0.907. The summed E-state index contributed by atoms with van der Waals surface area (Å²) >= 11 is 7.71. The standard InChI is InChI=1S/C11H12ClN3OS/c1-16-11-14-7-9(12)10(15-11)13-5-4-8-3-2-6-17-8/h2-3,6-7H,4-5H2,1H3,(H,13,14,15). The van der Waals surface area contributed by atoms with Gasteiger partial charge in [0, 0.05) is 11.4 Å². The molecule has 4 nitrogen and oxygen atoms in total. The first-order valence-electron chi connectivity index (χ1n) is 5.12. The molecule has 90 valence electrons. The number of rotatable bonds is 5. The van der Waals surface area contributed by atoms with Gasteiger partial charge in [-0.05, 0) is 17.9 Å². The van der Waals surface area contributed by atoms with Gasteiger partial charge in [0.2, 0.25) is 0 Å².